The summed E-state index contributed by atoms with van der Waals surface area (Å²) in [7, 11) is 0. The second-order valence-corrected chi connectivity index (χ2v) is 2.90. The molecular weight excluding hydrogens is 178 g/mol. The molecule has 0 unspecified atom stereocenters. The molecule has 1 aromatic rings. The number of nitrogens with two attached hydrogens (primary N) is 1. The maximum atomic E-state index is 9.19. The third kappa shape index (κ3) is 3.35. The number of aromatic hydroxyl groups is 1. The summed E-state index contributed by atoms with van der Waals surface area (Å²) < 4.78 is 0. The number of phenols is 1. The third-order valence-corrected chi connectivity index (χ3v) is 1.70. The molecule has 0 aliphatic heterocycles. The molecule has 1 aromatic carbocycles. The number of phenolic OH excluding ortho intramolecular Hbond substituents is 1. The summed E-state index contributed by atoms with van der Waals surface area (Å²) in [5.41, 5.74) is 6.48. The average molecular weight is 193 g/mol. The monoisotopic (exact) mass is 193 g/mol. The molecule has 14 heavy (non-hydrogen) atoms. The highest BCUT2D eigenvalue weighted by Gasteiger charge is 1.93. The van der Waals surface area contributed by atoms with Gasteiger partial charge in [0.05, 0.1) is 6.54 Å². The van der Waals surface area contributed by atoms with Gasteiger partial charge in [0, 0.05) is 6.54 Å². The molecule has 0 radical (unpaired) electrons. The highest BCUT2D eigenvalue weighted by Crippen LogP contribution is 2.11. The van der Waals surface area contributed by atoms with Crippen molar-refractivity contribution in [2.24, 2.45) is 10.7 Å². The van der Waals surface area contributed by atoms with Gasteiger partial charge in [0.2, 0.25) is 0 Å². The zero-order valence-corrected chi connectivity index (χ0v) is 8.20. The van der Waals surface area contributed by atoms with Gasteiger partial charge in [-0.3, -0.25) is 0 Å². The lowest BCUT2D eigenvalue weighted by atomic mass is 10.2. The Kier molecular flexibility index (Phi) is 3.79. The predicted octanol–water partition coefficient (Wildman–Crippen LogP) is 0.816. The quantitative estimate of drug-likeness (QED) is 0.491. The Bertz CT molecular complexity index is 323. The first kappa shape index (κ1) is 10.4. The Hall–Kier alpha value is -1.71. The van der Waals surface area contributed by atoms with Crippen molar-refractivity contribution in [1.29, 1.82) is 0 Å². The molecule has 0 aliphatic carbocycles. The smallest absolute Gasteiger partial charge is 0.188 e. The molecule has 76 valence electrons. The highest BCUT2D eigenvalue weighted by molar-refractivity contribution is 5.77. The van der Waals surface area contributed by atoms with Crippen molar-refractivity contribution in [2.45, 2.75) is 13.5 Å². The van der Waals surface area contributed by atoms with Crippen LogP contribution < -0.4 is 11.1 Å². The lowest BCUT2D eigenvalue weighted by Crippen LogP contribution is -2.31. The van der Waals surface area contributed by atoms with E-state index >= 15 is 0 Å². The molecule has 0 heterocycles. The maximum absolute atomic E-state index is 9.19. The molecule has 0 saturated heterocycles. The van der Waals surface area contributed by atoms with E-state index in [4.69, 9.17) is 5.73 Å². The van der Waals surface area contributed by atoms with E-state index in [9.17, 15) is 5.11 Å². The van der Waals surface area contributed by atoms with Gasteiger partial charge in [-0.2, -0.15) is 0 Å². The van der Waals surface area contributed by atoms with Crippen molar-refractivity contribution in [3.63, 3.8) is 0 Å². The number of benzene rings is 1. The van der Waals surface area contributed by atoms with Crippen LogP contribution in [0, 0.1) is 0 Å². The fourth-order valence-electron chi connectivity index (χ4n) is 1.07. The maximum Gasteiger partial charge on any atom is 0.188 e. The zero-order chi connectivity index (χ0) is 10.4. The van der Waals surface area contributed by atoms with Crippen molar-refractivity contribution >= 4 is 5.96 Å². The van der Waals surface area contributed by atoms with Crippen molar-refractivity contribution in [2.75, 3.05) is 6.54 Å². The fourth-order valence-corrected chi connectivity index (χ4v) is 1.07. The van der Waals surface area contributed by atoms with Gasteiger partial charge >= 0.3 is 0 Å². The summed E-state index contributed by atoms with van der Waals surface area (Å²) in [4.78, 5) is 4.10. The van der Waals surface area contributed by atoms with Crippen LogP contribution in [0.4, 0.5) is 0 Å². The zero-order valence-electron chi connectivity index (χ0n) is 8.20. The second-order valence-electron chi connectivity index (χ2n) is 2.90. The first-order valence-electron chi connectivity index (χ1n) is 4.54. The molecule has 0 saturated carbocycles. The second kappa shape index (κ2) is 5.11. The Balaban J connectivity index is 2.57. The first-order valence-corrected chi connectivity index (χ1v) is 4.54. The van der Waals surface area contributed by atoms with Crippen LogP contribution in [0.15, 0.2) is 29.3 Å². The standard InChI is InChI=1S/C10H15N3O/c1-2-12-10(11)13-7-8-4-3-5-9(14)6-8/h3-6,14H,2,7H2,1H3,(H3,11,12,13). The van der Waals surface area contributed by atoms with Gasteiger partial charge in [0.25, 0.3) is 0 Å². The van der Waals surface area contributed by atoms with Gasteiger partial charge in [-0.05, 0) is 24.6 Å². The lowest BCUT2D eigenvalue weighted by molar-refractivity contribution is 0.474. The molecule has 0 bridgehead atoms. The lowest BCUT2D eigenvalue weighted by Gasteiger charge is -2.02. The Morgan fingerprint density at radius 3 is 3.00 bits per heavy atom. The minimum Gasteiger partial charge on any atom is -0.508 e. The van der Waals surface area contributed by atoms with Gasteiger partial charge in [0.1, 0.15) is 5.75 Å². The van der Waals surface area contributed by atoms with E-state index in [0.29, 0.717) is 12.5 Å². The topological polar surface area (TPSA) is 70.6 Å². The number of hydrogen-bond acceptors (Lipinski definition) is 2. The number of rotatable bonds is 3. The van der Waals surface area contributed by atoms with Crippen molar-refractivity contribution < 1.29 is 5.11 Å². The predicted molar refractivity (Wildman–Crippen MR) is 57.1 cm³/mol. The van der Waals surface area contributed by atoms with Crippen LogP contribution in [0.1, 0.15) is 12.5 Å². The minimum absolute atomic E-state index is 0.250. The van der Waals surface area contributed by atoms with E-state index < -0.39 is 0 Å². The summed E-state index contributed by atoms with van der Waals surface area (Å²) in [6.45, 7) is 3.19. The van der Waals surface area contributed by atoms with Crippen LogP contribution in [0.5, 0.6) is 5.75 Å². The van der Waals surface area contributed by atoms with Crippen molar-refractivity contribution in [1.82, 2.24) is 5.32 Å². The van der Waals surface area contributed by atoms with Crippen LogP contribution in [-0.4, -0.2) is 17.6 Å². The molecular formula is C10H15N3O. The molecule has 4 nitrogen and oxygen atoms in total. The van der Waals surface area contributed by atoms with Crippen LogP contribution in [0.2, 0.25) is 0 Å². The van der Waals surface area contributed by atoms with E-state index in [0.717, 1.165) is 12.1 Å². The van der Waals surface area contributed by atoms with E-state index in [2.05, 4.69) is 10.3 Å². The Labute approximate surface area is 83.5 Å². The summed E-state index contributed by atoms with van der Waals surface area (Å²) >= 11 is 0. The molecule has 0 aromatic heterocycles. The number of guanidine groups is 1. The molecule has 0 fully saturated rings. The Morgan fingerprint density at radius 2 is 2.36 bits per heavy atom. The number of nitrogens with zero attached hydrogens (tertiary/aromatic N) is 1. The van der Waals surface area contributed by atoms with Gasteiger partial charge in [-0.1, -0.05) is 12.1 Å². The van der Waals surface area contributed by atoms with Crippen molar-refractivity contribution in [3.05, 3.63) is 29.8 Å². The summed E-state index contributed by atoms with van der Waals surface area (Å²) in [6, 6.07) is 6.97. The molecule has 4 heteroatoms. The van der Waals surface area contributed by atoms with Gasteiger partial charge < -0.3 is 16.2 Å². The number of aliphatic imine (C=N–C) groups is 1. The SMILES string of the molecule is CCNC(N)=NCc1cccc(O)c1. The summed E-state index contributed by atoms with van der Waals surface area (Å²) in [5, 5.41) is 12.1. The third-order valence-electron chi connectivity index (χ3n) is 1.70. The van der Waals surface area contributed by atoms with Crippen LogP contribution in [0.25, 0.3) is 0 Å². The molecule has 0 aliphatic rings. The van der Waals surface area contributed by atoms with E-state index in [1.807, 2.05) is 13.0 Å². The molecule has 4 N–H and O–H groups in total. The van der Waals surface area contributed by atoms with E-state index in [1.54, 1.807) is 18.2 Å². The van der Waals surface area contributed by atoms with Crippen LogP contribution in [0.3, 0.4) is 0 Å². The molecule has 1 rings (SSSR count). The minimum atomic E-state index is 0.250. The van der Waals surface area contributed by atoms with Crippen LogP contribution in [-0.2, 0) is 6.54 Å². The summed E-state index contributed by atoms with van der Waals surface area (Å²) in [5.74, 6) is 0.676. The average Bonchev–Trinajstić information content (AvgIpc) is 2.15. The number of hydrogen-bond donors (Lipinski definition) is 3. The number of nitrogens with one attached hydrogen (secondary N) is 1. The van der Waals surface area contributed by atoms with Crippen LogP contribution >= 0.6 is 0 Å². The summed E-state index contributed by atoms with van der Waals surface area (Å²) in [6.07, 6.45) is 0. The molecule has 0 spiro atoms. The van der Waals surface area contributed by atoms with Crippen molar-refractivity contribution in [3.8, 4) is 5.75 Å². The van der Waals surface area contributed by atoms with Gasteiger partial charge in [0.15, 0.2) is 5.96 Å². The fraction of sp³-hybridized carbons (Fsp3) is 0.300. The molecule has 0 amide bonds. The largest absolute Gasteiger partial charge is 0.508 e. The molecule has 0 atom stereocenters. The van der Waals surface area contributed by atoms with Gasteiger partial charge in [-0.25, -0.2) is 4.99 Å². The highest BCUT2D eigenvalue weighted by atomic mass is 16.3. The Morgan fingerprint density at radius 1 is 1.57 bits per heavy atom. The first-order chi connectivity index (χ1) is 6.72. The normalized spacial score (nSPS) is 11.4. The van der Waals surface area contributed by atoms with Gasteiger partial charge in [-0.15, -0.1) is 0 Å². The van der Waals surface area contributed by atoms with E-state index in [1.165, 1.54) is 0 Å². The van der Waals surface area contributed by atoms with E-state index in [-0.39, 0.29) is 5.75 Å².